The van der Waals surface area contributed by atoms with Gasteiger partial charge in [-0.25, -0.2) is 23.1 Å². The van der Waals surface area contributed by atoms with Gasteiger partial charge in [-0.1, -0.05) is 31.1 Å². The van der Waals surface area contributed by atoms with Crippen molar-refractivity contribution in [3.63, 3.8) is 0 Å². The molecule has 0 atom stereocenters. The van der Waals surface area contributed by atoms with Crippen molar-refractivity contribution in [2.45, 2.75) is 36.9 Å². The van der Waals surface area contributed by atoms with E-state index in [-0.39, 0.29) is 4.34 Å². The van der Waals surface area contributed by atoms with Gasteiger partial charge in [0, 0.05) is 0 Å². The topological polar surface area (TPSA) is 90.4 Å². The second kappa shape index (κ2) is 4.71. The third-order valence-corrected chi connectivity index (χ3v) is 4.59. The first-order valence-corrected chi connectivity index (χ1v) is 7.75. The van der Waals surface area contributed by atoms with Crippen molar-refractivity contribution in [1.82, 2.24) is 14.6 Å². The fourth-order valence-corrected chi connectivity index (χ4v) is 3.04. The largest absolute Gasteiger partial charge is 0.267 e. The Morgan fingerprint density at radius 2 is 2.24 bits per heavy atom. The van der Waals surface area contributed by atoms with Crippen molar-refractivity contribution in [2.75, 3.05) is 0 Å². The zero-order valence-electron chi connectivity index (χ0n) is 9.46. The van der Waals surface area contributed by atoms with Crippen LogP contribution in [0.15, 0.2) is 10.5 Å². The van der Waals surface area contributed by atoms with E-state index in [1.165, 1.54) is 10.9 Å². The number of nitrogens with two attached hydrogens (primary N) is 1. The predicted molar refractivity (Wildman–Crippen MR) is 65.5 cm³/mol. The molecule has 6 nitrogen and oxygen atoms in total. The molecule has 2 aromatic rings. The smallest absolute Gasteiger partial charge is 0.223 e. The molecule has 0 aliphatic carbocycles. The van der Waals surface area contributed by atoms with E-state index in [1.807, 2.05) is 0 Å². The Balaban J connectivity index is 2.20. The number of rotatable bonds is 5. The number of aryl methyl sites for hydroxylation is 1. The molecule has 2 heterocycles. The van der Waals surface area contributed by atoms with Crippen molar-refractivity contribution >= 4 is 26.3 Å². The molecule has 8 heteroatoms. The maximum atomic E-state index is 11.1. The second-order valence-electron chi connectivity index (χ2n) is 3.83. The molecule has 17 heavy (non-hydrogen) atoms. The van der Waals surface area contributed by atoms with Gasteiger partial charge in [0.2, 0.25) is 9.30 Å². The summed E-state index contributed by atoms with van der Waals surface area (Å²) in [7, 11) is -3.72. The van der Waals surface area contributed by atoms with Crippen LogP contribution >= 0.6 is 11.3 Å². The minimum absolute atomic E-state index is 0.0971. The molecule has 0 spiro atoms. The monoisotopic (exact) mass is 274 g/mol. The van der Waals surface area contributed by atoms with E-state index in [2.05, 4.69) is 17.0 Å². The lowest BCUT2D eigenvalue weighted by Crippen LogP contribution is -2.12. The molecule has 0 saturated heterocycles. The van der Waals surface area contributed by atoms with Crippen molar-refractivity contribution in [2.24, 2.45) is 5.14 Å². The third kappa shape index (κ3) is 2.82. The Labute approximate surface area is 104 Å². The van der Waals surface area contributed by atoms with Crippen LogP contribution in [-0.4, -0.2) is 23.0 Å². The molecule has 0 bridgehead atoms. The molecule has 0 radical (unpaired) electrons. The number of nitrogens with zero attached hydrogens (tertiary/aromatic N) is 3. The molecule has 2 rings (SSSR count). The summed E-state index contributed by atoms with van der Waals surface area (Å²) in [5.41, 5.74) is 0.943. The van der Waals surface area contributed by atoms with E-state index < -0.39 is 10.0 Å². The van der Waals surface area contributed by atoms with Gasteiger partial charge in [-0.2, -0.15) is 0 Å². The molecular weight excluding hydrogens is 260 g/mol. The highest BCUT2D eigenvalue weighted by molar-refractivity contribution is 7.91. The molecule has 0 aromatic carbocycles. The van der Waals surface area contributed by atoms with Gasteiger partial charge in [-0.05, 0) is 12.8 Å². The van der Waals surface area contributed by atoms with Crippen molar-refractivity contribution in [3.8, 4) is 0 Å². The molecule has 0 aliphatic heterocycles. The average molecular weight is 274 g/mol. The molecule has 0 unspecified atom stereocenters. The lowest BCUT2D eigenvalue weighted by molar-refractivity contribution is 0.595. The van der Waals surface area contributed by atoms with Gasteiger partial charge in [-0.15, -0.1) is 5.10 Å². The Hall–Kier alpha value is -0.990. The van der Waals surface area contributed by atoms with E-state index in [0.717, 1.165) is 36.3 Å². The number of fused-ring (bicyclic) bond motifs is 1. The highest BCUT2D eigenvalue weighted by Crippen LogP contribution is 2.18. The first kappa shape index (κ1) is 12.5. The summed E-state index contributed by atoms with van der Waals surface area (Å²) in [6.07, 6.45) is 6.07. The van der Waals surface area contributed by atoms with Gasteiger partial charge >= 0.3 is 0 Å². The van der Waals surface area contributed by atoms with Crippen molar-refractivity contribution < 1.29 is 8.42 Å². The quantitative estimate of drug-likeness (QED) is 0.829. The van der Waals surface area contributed by atoms with E-state index in [0.29, 0.717) is 4.96 Å². The summed E-state index contributed by atoms with van der Waals surface area (Å²) in [6.45, 7) is 2.14. The Morgan fingerprint density at radius 1 is 1.47 bits per heavy atom. The summed E-state index contributed by atoms with van der Waals surface area (Å²) >= 11 is 0.992. The van der Waals surface area contributed by atoms with Crippen LogP contribution in [0.5, 0.6) is 0 Å². The number of sulfonamides is 1. The summed E-state index contributed by atoms with van der Waals surface area (Å²) in [5, 5.41) is 8.89. The van der Waals surface area contributed by atoms with Gasteiger partial charge in [0.05, 0.1) is 11.9 Å². The van der Waals surface area contributed by atoms with Crippen LogP contribution < -0.4 is 5.14 Å². The highest BCUT2D eigenvalue weighted by Gasteiger charge is 2.16. The van der Waals surface area contributed by atoms with Crippen LogP contribution in [-0.2, 0) is 16.4 Å². The summed E-state index contributed by atoms with van der Waals surface area (Å²) in [5.74, 6) is 0. The fourth-order valence-electron chi connectivity index (χ4n) is 1.52. The predicted octanol–water partition coefficient (Wildman–Crippen LogP) is 1.17. The number of primary sulfonamides is 1. The molecule has 0 saturated carbocycles. The molecule has 0 amide bonds. The van der Waals surface area contributed by atoms with E-state index in [1.54, 1.807) is 6.20 Å². The van der Waals surface area contributed by atoms with E-state index >= 15 is 0 Å². The third-order valence-electron chi connectivity index (χ3n) is 2.35. The van der Waals surface area contributed by atoms with Crippen LogP contribution in [0.2, 0.25) is 0 Å². The first-order chi connectivity index (χ1) is 8.00. The van der Waals surface area contributed by atoms with Crippen molar-refractivity contribution in [1.29, 1.82) is 0 Å². The molecule has 0 aliphatic rings. The Morgan fingerprint density at radius 3 is 2.82 bits per heavy atom. The van der Waals surface area contributed by atoms with Crippen molar-refractivity contribution in [3.05, 3.63) is 11.9 Å². The number of aromatic nitrogens is 3. The Kier molecular flexibility index (Phi) is 3.45. The number of unbranched alkanes of at least 4 members (excludes halogenated alkanes) is 2. The zero-order chi connectivity index (χ0) is 12.5. The lowest BCUT2D eigenvalue weighted by atomic mass is 10.2. The molecular formula is C9H14N4O2S2. The highest BCUT2D eigenvalue weighted by atomic mass is 32.2. The summed E-state index contributed by atoms with van der Waals surface area (Å²) < 4.78 is 23.5. The summed E-state index contributed by atoms with van der Waals surface area (Å²) in [4.78, 5) is 4.89. The SMILES string of the molecule is CCCCCc1cn2nc(S(N)(=O)=O)sc2n1. The Bertz CT molecular complexity index is 583. The normalized spacial score (nSPS) is 12.4. The lowest BCUT2D eigenvalue weighted by Gasteiger charge is -1.93. The second-order valence-corrected chi connectivity index (χ2v) is 6.52. The fraction of sp³-hybridized carbons (Fsp3) is 0.556. The number of hydrogen-bond acceptors (Lipinski definition) is 5. The maximum absolute atomic E-state index is 11.1. The van der Waals surface area contributed by atoms with Crippen LogP contribution in [0.1, 0.15) is 31.9 Å². The van der Waals surface area contributed by atoms with Gasteiger partial charge in [0.1, 0.15) is 0 Å². The molecule has 2 N–H and O–H groups in total. The first-order valence-electron chi connectivity index (χ1n) is 5.38. The maximum Gasteiger partial charge on any atom is 0.267 e. The van der Waals surface area contributed by atoms with E-state index in [9.17, 15) is 8.42 Å². The average Bonchev–Trinajstić information content (AvgIpc) is 2.74. The van der Waals surface area contributed by atoms with Gasteiger partial charge in [0.15, 0.2) is 0 Å². The van der Waals surface area contributed by atoms with Crippen LogP contribution in [0.4, 0.5) is 0 Å². The van der Waals surface area contributed by atoms with Crippen LogP contribution in [0, 0.1) is 0 Å². The van der Waals surface area contributed by atoms with Crippen LogP contribution in [0.25, 0.3) is 4.96 Å². The van der Waals surface area contributed by atoms with Crippen LogP contribution in [0.3, 0.4) is 0 Å². The van der Waals surface area contributed by atoms with Gasteiger partial charge < -0.3 is 0 Å². The number of imidazole rings is 1. The minimum atomic E-state index is -3.72. The minimum Gasteiger partial charge on any atom is -0.223 e. The molecule has 0 fully saturated rings. The summed E-state index contributed by atoms with van der Waals surface area (Å²) in [6, 6.07) is 0. The van der Waals surface area contributed by atoms with Gasteiger partial charge in [-0.3, -0.25) is 0 Å². The number of hydrogen-bond donors (Lipinski definition) is 1. The molecule has 94 valence electrons. The standard InChI is InChI=1S/C9H14N4O2S2/c1-2-3-4-5-7-6-13-8(11-7)16-9(12-13)17(10,14)15/h6H,2-5H2,1H3,(H2,10,14,15). The zero-order valence-corrected chi connectivity index (χ0v) is 11.1. The van der Waals surface area contributed by atoms with Gasteiger partial charge in [0.25, 0.3) is 10.0 Å². The van der Waals surface area contributed by atoms with E-state index in [4.69, 9.17) is 5.14 Å². The molecule has 2 aromatic heterocycles.